The number of nitrogens with zero attached hydrogens (tertiary/aromatic N) is 4. The third-order valence-corrected chi connectivity index (χ3v) is 4.18. The molecule has 1 amide bonds. The molecule has 0 saturated heterocycles. The number of ether oxygens (including phenoxy) is 1. The minimum atomic E-state index is -0.551. The fourth-order valence-corrected chi connectivity index (χ4v) is 2.90. The molecule has 9 nitrogen and oxygen atoms in total. The predicted octanol–water partition coefficient (Wildman–Crippen LogP) is 1.89. The lowest BCUT2D eigenvalue weighted by atomic mass is 10.3. The highest BCUT2D eigenvalue weighted by Gasteiger charge is 2.23. The summed E-state index contributed by atoms with van der Waals surface area (Å²) in [6.07, 6.45) is 1.35. The van der Waals surface area contributed by atoms with Crippen molar-refractivity contribution in [1.29, 1.82) is 0 Å². The van der Waals surface area contributed by atoms with E-state index in [1.807, 2.05) is 29.2 Å². The van der Waals surface area contributed by atoms with Gasteiger partial charge in [0.1, 0.15) is 12.8 Å². The summed E-state index contributed by atoms with van der Waals surface area (Å²) in [5.41, 5.74) is 0.718. The first kappa shape index (κ1) is 17.4. The van der Waals surface area contributed by atoms with E-state index >= 15 is 0 Å². The van der Waals surface area contributed by atoms with Gasteiger partial charge in [0.25, 0.3) is 0 Å². The fourth-order valence-electron chi connectivity index (χ4n) is 2.50. The second kappa shape index (κ2) is 7.62. The Bertz CT molecular complexity index is 794. The molecule has 0 saturated carbocycles. The molecule has 0 bridgehead atoms. The highest BCUT2D eigenvalue weighted by Crippen LogP contribution is 2.19. The van der Waals surface area contributed by atoms with Gasteiger partial charge in [-0.3, -0.25) is 14.3 Å². The first-order valence-electron chi connectivity index (χ1n) is 7.63. The summed E-state index contributed by atoms with van der Waals surface area (Å²) in [4.78, 5) is 28.2. The van der Waals surface area contributed by atoms with Crippen molar-refractivity contribution in [2.75, 3.05) is 31.6 Å². The molecule has 3 rings (SSSR count). The SMILES string of the molecule is O=C(CN1CCOc2nc([N+](=O)[O-])cn2CC1)Nc1cccc(Br)c1. The molecule has 1 aliphatic rings. The van der Waals surface area contributed by atoms with Crippen molar-refractivity contribution >= 4 is 33.3 Å². The average Bonchev–Trinajstić information content (AvgIpc) is 2.93. The van der Waals surface area contributed by atoms with Crippen LogP contribution in [0.5, 0.6) is 6.01 Å². The van der Waals surface area contributed by atoms with Crippen LogP contribution in [-0.4, -0.2) is 51.5 Å². The number of halogens is 1. The van der Waals surface area contributed by atoms with Gasteiger partial charge in [0.05, 0.1) is 6.54 Å². The van der Waals surface area contributed by atoms with Gasteiger partial charge in [-0.05, 0) is 23.1 Å². The largest absolute Gasteiger partial charge is 0.444 e. The molecular formula is C15H16BrN5O4. The average molecular weight is 410 g/mol. The first-order valence-corrected chi connectivity index (χ1v) is 8.43. The number of carbonyl (C=O) groups excluding carboxylic acids is 1. The number of anilines is 1. The van der Waals surface area contributed by atoms with Crippen molar-refractivity contribution in [3.05, 3.63) is 45.0 Å². The Labute approximate surface area is 151 Å². The molecule has 1 aromatic carbocycles. The summed E-state index contributed by atoms with van der Waals surface area (Å²) in [7, 11) is 0. The molecule has 25 heavy (non-hydrogen) atoms. The molecule has 0 spiro atoms. The van der Waals surface area contributed by atoms with Crippen LogP contribution in [0.1, 0.15) is 0 Å². The molecule has 0 atom stereocenters. The second-order valence-electron chi connectivity index (χ2n) is 5.52. The van der Waals surface area contributed by atoms with Crippen LogP contribution < -0.4 is 10.1 Å². The number of fused-ring (bicyclic) bond motifs is 1. The van der Waals surface area contributed by atoms with Crippen LogP contribution in [0, 0.1) is 10.1 Å². The summed E-state index contributed by atoms with van der Waals surface area (Å²) in [6.45, 7) is 2.07. The second-order valence-corrected chi connectivity index (χ2v) is 6.43. The number of hydrogen-bond donors (Lipinski definition) is 1. The smallest absolute Gasteiger partial charge is 0.414 e. The maximum absolute atomic E-state index is 12.2. The summed E-state index contributed by atoms with van der Waals surface area (Å²) in [6, 6.07) is 7.61. The zero-order valence-corrected chi connectivity index (χ0v) is 14.8. The van der Waals surface area contributed by atoms with Crippen LogP contribution in [0.3, 0.4) is 0 Å². The third kappa shape index (κ3) is 4.54. The Morgan fingerprint density at radius 2 is 2.24 bits per heavy atom. The zero-order chi connectivity index (χ0) is 17.8. The normalized spacial score (nSPS) is 14.8. The molecule has 1 aromatic heterocycles. The lowest BCUT2D eigenvalue weighted by Crippen LogP contribution is -2.39. The monoisotopic (exact) mass is 409 g/mol. The van der Waals surface area contributed by atoms with E-state index in [0.29, 0.717) is 26.2 Å². The van der Waals surface area contributed by atoms with Gasteiger partial charge in [-0.1, -0.05) is 22.0 Å². The Morgan fingerprint density at radius 3 is 3.00 bits per heavy atom. The molecule has 1 N–H and O–H groups in total. The fraction of sp³-hybridized carbons (Fsp3) is 0.333. The van der Waals surface area contributed by atoms with Gasteiger partial charge in [-0.2, -0.15) is 0 Å². The van der Waals surface area contributed by atoms with E-state index in [9.17, 15) is 14.9 Å². The minimum Gasteiger partial charge on any atom is -0.444 e. The van der Waals surface area contributed by atoms with Gasteiger partial charge < -0.3 is 20.2 Å². The van der Waals surface area contributed by atoms with Gasteiger partial charge >= 0.3 is 11.8 Å². The topological polar surface area (TPSA) is 103 Å². The molecule has 2 aromatic rings. The van der Waals surface area contributed by atoms with Gasteiger partial charge in [-0.25, -0.2) is 0 Å². The first-order chi connectivity index (χ1) is 12.0. The summed E-state index contributed by atoms with van der Waals surface area (Å²) in [5, 5.41) is 13.6. The number of benzene rings is 1. The number of carbonyl (C=O) groups is 1. The number of aromatic nitrogens is 2. The molecule has 1 aliphatic heterocycles. The van der Waals surface area contributed by atoms with E-state index in [-0.39, 0.29) is 24.3 Å². The van der Waals surface area contributed by atoms with Crippen molar-refractivity contribution in [1.82, 2.24) is 14.5 Å². The predicted molar refractivity (Wildman–Crippen MR) is 93.6 cm³/mol. The zero-order valence-electron chi connectivity index (χ0n) is 13.2. The van der Waals surface area contributed by atoms with Crippen molar-refractivity contribution in [2.45, 2.75) is 6.54 Å². The molecule has 0 radical (unpaired) electrons. The maximum atomic E-state index is 12.2. The third-order valence-electron chi connectivity index (χ3n) is 3.69. The van der Waals surface area contributed by atoms with E-state index in [4.69, 9.17) is 4.74 Å². The maximum Gasteiger partial charge on any atom is 0.414 e. The molecule has 0 fully saturated rings. The van der Waals surface area contributed by atoms with Crippen molar-refractivity contribution < 1.29 is 14.5 Å². The number of amides is 1. The van der Waals surface area contributed by atoms with E-state index in [1.165, 1.54) is 6.20 Å². The van der Waals surface area contributed by atoms with Crippen molar-refractivity contribution in [2.24, 2.45) is 0 Å². The number of imidazole rings is 1. The molecule has 0 unspecified atom stereocenters. The van der Waals surface area contributed by atoms with E-state index in [2.05, 4.69) is 26.2 Å². The summed E-state index contributed by atoms with van der Waals surface area (Å²) < 4.78 is 7.95. The molecular weight excluding hydrogens is 394 g/mol. The van der Waals surface area contributed by atoms with Crippen LogP contribution in [0.25, 0.3) is 0 Å². The van der Waals surface area contributed by atoms with Gasteiger partial charge in [0.2, 0.25) is 5.91 Å². The number of hydrogen-bond acceptors (Lipinski definition) is 6. The number of rotatable bonds is 4. The van der Waals surface area contributed by atoms with Crippen LogP contribution in [0.4, 0.5) is 11.5 Å². The number of nitro groups is 1. The Kier molecular flexibility index (Phi) is 5.29. The Balaban J connectivity index is 1.58. The summed E-state index contributed by atoms with van der Waals surface area (Å²) in [5.74, 6) is -0.369. The Hall–Kier alpha value is -2.46. The minimum absolute atomic E-state index is 0.129. The van der Waals surface area contributed by atoms with Crippen LogP contribution in [0.2, 0.25) is 0 Å². The molecule has 0 aliphatic carbocycles. The van der Waals surface area contributed by atoms with Crippen LogP contribution in [0.15, 0.2) is 34.9 Å². The number of nitrogens with one attached hydrogen (secondary N) is 1. The van der Waals surface area contributed by atoms with Gasteiger partial charge in [-0.15, -0.1) is 0 Å². The van der Waals surface area contributed by atoms with Crippen molar-refractivity contribution in [3.63, 3.8) is 0 Å². The van der Waals surface area contributed by atoms with E-state index in [1.54, 1.807) is 4.57 Å². The molecule has 132 valence electrons. The van der Waals surface area contributed by atoms with Crippen LogP contribution >= 0.6 is 15.9 Å². The Morgan fingerprint density at radius 1 is 1.40 bits per heavy atom. The van der Waals surface area contributed by atoms with E-state index in [0.717, 1.165) is 10.2 Å². The van der Waals surface area contributed by atoms with Gasteiger partial charge in [0, 0.05) is 34.8 Å². The highest BCUT2D eigenvalue weighted by molar-refractivity contribution is 9.10. The lowest BCUT2D eigenvalue weighted by molar-refractivity contribution is -0.389. The molecule has 10 heteroatoms. The van der Waals surface area contributed by atoms with E-state index < -0.39 is 4.92 Å². The van der Waals surface area contributed by atoms with Gasteiger partial charge in [0.15, 0.2) is 0 Å². The lowest BCUT2D eigenvalue weighted by Gasteiger charge is -2.23. The van der Waals surface area contributed by atoms with Crippen molar-refractivity contribution in [3.8, 4) is 6.01 Å². The highest BCUT2D eigenvalue weighted by atomic mass is 79.9. The van der Waals surface area contributed by atoms with Crippen LogP contribution in [-0.2, 0) is 11.3 Å². The standard InChI is InChI=1S/C15H16BrN5O4/c16-11-2-1-3-12(8-11)17-14(22)10-19-4-5-20-9-13(21(23)24)18-15(20)25-7-6-19/h1-3,8-9H,4-7,10H2,(H,17,22). The summed E-state index contributed by atoms with van der Waals surface area (Å²) >= 11 is 3.36. The molecule has 2 heterocycles. The quantitative estimate of drug-likeness (QED) is 0.610.